The Labute approximate surface area is 185 Å². The van der Waals surface area contributed by atoms with Crippen molar-refractivity contribution in [3.63, 3.8) is 0 Å². The fraction of sp³-hybridized carbons (Fsp3) is 0.250. The Morgan fingerprint density at radius 1 is 1.13 bits per heavy atom. The molecule has 1 aromatic heterocycles. The second-order valence-corrected chi connectivity index (χ2v) is 8.82. The van der Waals surface area contributed by atoms with E-state index >= 15 is 0 Å². The predicted octanol–water partition coefficient (Wildman–Crippen LogP) is 4.72. The van der Waals surface area contributed by atoms with Crippen LogP contribution in [0.3, 0.4) is 0 Å². The summed E-state index contributed by atoms with van der Waals surface area (Å²) in [7, 11) is 0. The van der Waals surface area contributed by atoms with E-state index in [1.165, 1.54) is 16.9 Å². The van der Waals surface area contributed by atoms with Crippen molar-refractivity contribution in [3.8, 4) is 0 Å². The van der Waals surface area contributed by atoms with Crippen LogP contribution in [-0.4, -0.2) is 28.6 Å². The number of nitrogens with one attached hydrogen (secondary N) is 1. The Hall–Kier alpha value is -3.32. The fourth-order valence-electron chi connectivity index (χ4n) is 3.53. The number of anilines is 2. The number of rotatable bonds is 5. The van der Waals surface area contributed by atoms with Crippen molar-refractivity contribution < 1.29 is 9.59 Å². The van der Waals surface area contributed by atoms with E-state index in [0.717, 1.165) is 21.8 Å². The third-order valence-electron chi connectivity index (χ3n) is 5.48. The Bertz CT molecular complexity index is 1150. The van der Waals surface area contributed by atoms with E-state index in [4.69, 9.17) is 0 Å². The summed E-state index contributed by atoms with van der Waals surface area (Å²) in [6.07, 6.45) is 2.22. The number of hydrogen-bond acceptors (Lipinski definition) is 5. The monoisotopic (exact) mass is 432 g/mol. The molecule has 0 saturated carbocycles. The lowest BCUT2D eigenvalue weighted by Gasteiger charge is -2.17. The van der Waals surface area contributed by atoms with E-state index in [1.54, 1.807) is 6.92 Å². The Morgan fingerprint density at radius 2 is 1.90 bits per heavy atom. The highest BCUT2D eigenvalue weighted by Crippen LogP contribution is 2.34. The highest BCUT2D eigenvalue weighted by Gasteiger charge is 2.34. The predicted molar refractivity (Wildman–Crippen MR) is 124 cm³/mol. The van der Waals surface area contributed by atoms with Crippen LogP contribution in [0, 0.1) is 13.8 Å². The molecule has 7 heteroatoms. The molecule has 6 nitrogen and oxygen atoms in total. The summed E-state index contributed by atoms with van der Waals surface area (Å²) in [4.78, 5) is 26.9. The maximum Gasteiger partial charge on any atom is 0.253 e. The van der Waals surface area contributed by atoms with Crippen molar-refractivity contribution in [2.75, 3.05) is 16.8 Å². The van der Waals surface area contributed by atoms with E-state index in [0.29, 0.717) is 23.7 Å². The van der Waals surface area contributed by atoms with Crippen molar-refractivity contribution in [1.29, 1.82) is 0 Å². The molecule has 0 spiro atoms. The molecule has 1 fully saturated rings. The average molecular weight is 433 g/mol. The van der Waals surface area contributed by atoms with Crippen LogP contribution in [0.4, 0.5) is 10.8 Å². The Morgan fingerprint density at radius 3 is 2.65 bits per heavy atom. The Balaban J connectivity index is 1.43. The Kier molecular flexibility index (Phi) is 5.95. The summed E-state index contributed by atoms with van der Waals surface area (Å²) in [6.45, 7) is 6.44. The molecule has 1 N–H and O–H groups in total. The zero-order chi connectivity index (χ0) is 22.0. The normalized spacial score (nSPS) is 16.6. The molecule has 1 aliphatic rings. The topological polar surface area (TPSA) is 75.2 Å². The molecule has 0 bridgehead atoms. The summed E-state index contributed by atoms with van der Waals surface area (Å²) < 4.78 is 0. The van der Waals surface area contributed by atoms with Gasteiger partial charge in [0, 0.05) is 30.1 Å². The molecule has 0 aliphatic carbocycles. The first-order valence-electron chi connectivity index (χ1n) is 10.2. The first-order chi connectivity index (χ1) is 14.9. The second-order valence-electron chi connectivity index (χ2n) is 7.81. The van der Waals surface area contributed by atoms with Gasteiger partial charge in [-0.15, -0.1) is 10.2 Å². The van der Waals surface area contributed by atoms with Gasteiger partial charge in [-0.3, -0.25) is 14.9 Å². The number of aryl methyl sites for hydroxylation is 2. The van der Waals surface area contributed by atoms with Crippen LogP contribution in [-0.2, 0) is 9.59 Å². The molecule has 2 aromatic carbocycles. The van der Waals surface area contributed by atoms with Crippen LogP contribution in [0.2, 0.25) is 0 Å². The van der Waals surface area contributed by atoms with Crippen molar-refractivity contribution in [2.45, 2.75) is 33.1 Å². The van der Waals surface area contributed by atoms with Crippen LogP contribution in [0.1, 0.15) is 41.0 Å². The average Bonchev–Trinajstić information content (AvgIpc) is 3.37. The third kappa shape index (κ3) is 4.72. The van der Waals surface area contributed by atoms with Gasteiger partial charge in [0.25, 0.3) is 5.91 Å². The number of hydrogen-bond donors (Lipinski definition) is 1. The SMILES string of the molecule is C/C(=C\c1ccccc1)C(=O)Nc1nnc(C2CC(=O)N(c3ccc(C)c(C)c3)C2)s1. The van der Waals surface area contributed by atoms with Gasteiger partial charge in [-0.2, -0.15) is 0 Å². The number of benzene rings is 2. The molecule has 2 amide bonds. The molecule has 2 heterocycles. The number of carbonyl (C=O) groups is 2. The first-order valence-corrected chi connectivity index (χ1v) is 11.0. The molecule has 4 rings (SSSR count). The van der Waals surface area contributed by atoms with Crippen LogP contribution in [0.5, 0.6) is 0 Å². The molecule has 0 radical (unpaired) electrons. The van der Waals surface area contributed by atoms with E-state index in [2.05, 4.69) is 22.4 Å². The third-order valence-corrected chi connectivity index (χ3v) is 6.48. The van der Waals surface area contributed by atoms with Crippen molar-refractivity contribution in [1.82, 2.24) is 10.2 Å². The minimum atomic E-state index is -0.217. The molecular formula is C24H24N4O2S. The first kappa shape index (κ1) is 20.9. The lowest BCUT2D eigenvalue weighted by Crippen LogP contribution is -2.24. The highest BCUT2D eigenvalue weighted by atomic mass is 32.1. The van der Waals surface area contributed by atoms with Gasteiger partial charge < -0.3 is 4.90 Å². The van der Waals surface area contributed by atoms with Crippen molar-refractivity contribution in [2.24, 2.45) is 0 Å². The van der Waals surface area contributed by atoms with Gasteiger partial charge in [-0.25, -0.2) is 0 Å². The van der Waals surface area contributed by atoms with E-state index in [-0.39, 0.29) is 17.7 Å². The van der Waals surface area contributed by atoms with Crippen LogP contribution in [0.15, 0.2) is 54.1 Å². The van der Waals surface area contributed by atoms with Gasteiger partial charge in [-0.1, -0.05) is 47.7 Å². The van der Waals surface area contributed by atoms with E-state index in [1.807, 2.05) is 66.4 Å². The zero-order valence-electron chi connectivity index (χ0n) is 17.8. The van der Waals surface area contributed by atoms with Crippen molar-refractivity contribution >= 4 is 40.0 Å². The minimum absolute atomic E-state index is 0.0294. The second kappa shape index (κ2) is 8.81. The van der Waals surface area contributed by atoms with Gasteiger partial charge in [0.15, 0.2) is 0 Å². The molecule has 1 unspecified atom stereocenters. The number of aromatic nitrogens is 2. The summed E-state index contributed by atoms with van der Waals surface area (Å²) in [5.74, 6) is -0.167. The van der Waals surface area contributed by atoms with Crippen LogP contribution >= 0.6 is 11.3 Å². The number of nitrogens with zero attached hydrogens (tertiary/aromatic N) is 3. The van der Waals surface area contributed by atoms with Crippen LogP contribution in [0.25, 0.3) is 6.08 Å². The molecule has 3 aromatic rings. The maximum atomic E-state index is 12.6. The molecule has 31 heavy (non-hydrogen) atoms. The largest absolute Gasteiger partial charge is 0.312 e. The molecular weight excluding hydrogens is 408 g/mol. The maximum absolute atomic E-state index is 12.6. The fourth-order valence-corrected chi connectivity index (χ4v) is 4.36. The lowest BCUT2D eigenvalue weighted by molar-refractivity contribution is -0.117. The van der Waals surface area contributed by atoms with Gasteiger partial charge in [-0.05, 0) is 55.7 Å². The van der Waals surface area contributed by atoms with Crippen LogP contribution < -0.4 is 10.2 Å². The number of carbonyl (C=O) groups excluding carboxylic acids is 2. The van der Waals surface area contributed by atoms with Gasteiger partial charge in [0.1, 0.15) is 5.01 Å². The lowest BCUT2D eigenvalue weighted by atomic mass is 10.1. The molecule has 1 saturated heterocycles. The zero-order valence-corrected chi connectivity index (χ0v) is 18.6. The van der Waals surface area contributed by atoms with Gasteiger partial charge in [0.2, 0.25) is 11.0 Å². The highest BCUT2D eigenvalue weighted by molar-refractivity contribution is 7.15. The van der Waals surface area contributed by atoms with E-state index < -0.39 is 0 Å². The standard InChI is InChI=1S/C24H24N4O2S/c1-15-9-10-20(12-16(15)2)28-14-19(13-21(28)29)23-26-27-24(31-23)25-22(30)17(3)11-18-7-5-4-6-8-18/h4-12,19H,13-14H2,1-3H3,(H,25,27,30)/b17-11+. The van der Waals surface area contributed by atoms with E-state index in [9.17, 15) is 9.59 Å². The quantitative estimate of drug-likeness (QED) is 0.592. The smallest absolute Gasteiger partial charge is 0.253 e. The van der Waals surface area contributed by atoms with Gasteiger partial charge >= 0.3 is 0 Å². The molecule has 1 atom stereocenters. The van der Waals surface area contributed by atoms with Crippen molar-refractivity contribution in [3.05, 3.63) is 75.8 Å². The molecule has 1 aliphatic heterocycles. The summed E-state index contributed by atoms with van der Waals surface area (Å²) in [6, 6.07) is 15.7. The summed E-state index contributed by atoms with van der Waals surface area (Å²) >= 11 is 1.33. The number of amides is 2. The summed E-state index contributed by atoms with van der Waals surface area (Å²) in [5, 5.41) is 12.4. The molecule has 158 valence electrons. The minimum Gasteiger partial charge on any atom is -0.312 e. The van der Waals surface area contributed by atoms with Gasteiger partial charge in [0.05, 0.1) is 0 Å². The summed E-state index contributed by atoms with van der Waals surface area (Å²) in [5.41, 5.74) is 4.82.